The van der Waals surface area contributed by atoms with Crippen molar-refractivity contribution in [3.8, 4) is 0 Å². The van der Waals surface area contributed by atoms with Crippen LogP contribution in [0.25, 0.3) is 0 Å². The Balaban J connectivity index is 3.80. The van der Waals surface area contributed by atoms with Gasteiger partial charge in [-0.1, -0.05) is 39.5 Å². The molecule has 0 fully saturated rings. The van der Waals surface area contributed by atoms with E-state index in [0.29, 0.717) is 6.04 Å². The van der Waals surface area contributed by atoms with Crippen molar-refractivity contribution in [1.29, 1.82) is 0 Å². The van der Waals surface area contributed by atoms with Gasteiger partial charge in [0.15, 0.2) is 8.32 Å². The molecule has 2 N–H and O–H groups in total. The van der Waals surface area contributed by atoms with E-state index >= 15 is 0 Å². The van der Waals surface area contributed by atoms with Crippen molar-refractivity contribution in [2.45, 2.75) is 58.2 Å². The van der Waals surface area contributed by atoms with Gasteiger partial charge < -0.3 is 9.90 Å². The van der Waals surface area contributed by atoms with Gasteiger partial charge in [-0.3, -0.25) is 4.79 Å². The molecule has 2 unspecified atom stereocenters. The topological polar surface area (TPSA) is 57.5 Å². The second-order valence-electron chi connectivity index (χ2n) is 4.75. The SMILES string of the molecule is CCCCCC[Si](C)(O)CC(C)C(=O)O. The number of hydrogen-bond acceptors (Lipinski definition) is 2. The highest BCUT2D eigenvalue weighted by molar-refractivity contribution is 6.71. The molecule has 0 spiro atoms. The van der Waals surface area contributed by atoms with Crippen LogP contribution in [0.3, 0.4) is 0 Å². The van der Waals surface area contributed by atoms with Crippen molar-refractivity contribution in [2.24, 2.45) is 5.92 Å². The summed E-state index contributed by atoms with van der Waals surface area (Å²) in [7, 11) is -2.26. The lowest BCUT2D eigenvalue weighted by Crippen LogP contribution is -2.33. The zero-order chi connectivity index (χ0) is 11.9. The summed E-state index contributed by atoms with van der Waals surface area (Å²) < 4.78 is 0. The maximum Gasteiger partial charge on any atom is 0.306 e. The summed E-state index contributed by atoms with van der Waals surface area (Å²) in [6.45, 7) is 5.70. The molecule has 0 saturated heterocycles. The summed E-state index contributed by atoms with van der Waals surface area (Å²) in [6, 6.07) is 1.32. The second kappa shape index (κ2) is 7.01. The van der Waals surface area contributed by atoms with Crippen LogP contribution in [0.15, 0.2) is 0 Å². The van der Waals surface area contributed by atoms with Gasteiger partial charge in [0, 0.05) is 0 Å². The first-order valence-electron chi connectivity index (χ1n) is 5.84. The van der Waals surface area contributed by atoms with E-state index in [2.05, 4.69) is 6.92 Å². The Bertz CT molecular complexity index is 192. The molecule has 0 aliphatic heterocycles. The number of carboxylic acid groups (broad SMARTS) is 1. The molecule has 0 aliphatic rings. The lowest BCUT2D eigenvalue weighted by atomic mass is 10.2. The zero-order valence-corrected chi connectivity index (χ0v) is 11.1. The molecule has 0 aromatic heterocycles. The summed E-state index contributed by atoms with van der Waals surface area (Å²) >= 11 is 0. The van der Waals surface area contributed by atoms with Gasteiger partial charge in [0.05, 0.1) is 5.92 Å². The molecule has 0 aromatic rings. The Morgan fingerprint density at radius 3 is 2.40 bits per heavy atom. The number of aliphatic carboxylic acids is 1. The molecule has 0 radical (unpaired) electrons. The van der Waals surface area contributed by atoms with Crippen LogP contribution in [0.2, 0.25) is 18.6 Å². The first kappa shape index (κ1) is 14.6. The Labute approximate surface area is 93.6 Å². The molecule has 0 aliphatic carbocycles. The van der Waals surface area contributed by atoms with Crippen molar-refractivity contribution in [3.63, 3.8) is 0 Å². The van der Waals surface area contributed by atoms with Crippen LogP contribution in [-0.2, 0) is 4.79 Å². The van der Waals surface area contributed by atoms with Crippen LogP contribution in [0, 0.1) is 5.92 Å². The van der Waals surface area contributed by atoms with Crippen molar-refractivity contribution < 1.29 is 14.7 Å². The highest BCUT2D eigenvalue weighted by Gasteiger charge is 2.29. The molecule has 4 heteroatoms. The molecule has 0 saturated carbocycles. The van der Waals surface area contributed by atoms with E-state index in [1.54, 1.807) is 6.92 Å². The van der Waals surface area contributed by atoms with Gasteiger partial charge in [0.1, 0.15) is 0 Å². The van der Waals surface area contributed by atoms with E-state index in [-0.39, 0.29) is 0 Å². The van der Waals surface area contributed by atoms with Crippen molar-refractivity contribution in [2.75, 3.05) is 0 Å². The number of unbranched alkanes of at least 4 members (excludes halogenated alkanes) is 3. The number of carbonyl (C=O) groups is 1. The average Bonchev–Trinajstić information content (AvgIpc) is 2.11. The third kappa shape index (κ3) is 7.56. The summed E-state index contributed by atoms with van der Waals surface area (Å²) in [6.07, 6.45) is 4.59. The molecule has 15 heavy (non-hydrogen) atoms. The first-order valence-corrected chi connectivity index (χ1v) is 8.70. The van der Waals surface area contributed by atoms with Gasteiger partial charge in [-0.05, 0) is 18.6 Å². The summed E-state index contributed by atoms with van der Waals surface area (Å²) in [5.41, 5.74) is 0. The summed E-state index contributed by atoms with van der Waals surface area (Å²) in [5, 5.41) is 8.77. The molecular weight excluding hydrogens is 208 g/mol. The van der Waals surface area contributed by atoms with E-state index < -0.39 is 20.2 Å². The van der Waals surface area contributed by atoms with Gasteiger partial charge in [-0.25, -0.2) is 0 Å². The Morgan fingerprint density at radius 2 is 1.93 bits per heavy atom. The Morgan fingerprint density at radius 1 is 1.33 bits per heavy atom. The molecule has 2 atom stereocenters. The van der Waals surface area contributed by atoms with Crippen LogP contribution in [0.4, 0.5) is 0 Å². The number of rotatable bonds is 8. The maximum absolute atomic E-state index is 10.7. The normalized spacial score (nSPS) is 17.1. The minimum Gasteiger partial charge on any atom is -0.481 e. The van der Waals surface area contributed by atoms with E-state index in [4.69, 9.17) is 5.11 Å². The molecule has 0 aromatic carbocycles. The Kier molecular flexibility index (Phi) is 6.84. The molecule has 90 valence electrons. The second-order valence-corrected chi connectivity index (χ2v) is 8.65. The third-order valence-electron chi connectivity index (χ3n) is 2.74. The minimum absolute atomic E-state index is 0.405. The van der Waals surface area contributed by atoms with Gasteiger partial charge in [-0.2, -0.15) is 0 Å². The fourth-order valence-corrected chi connectivity index (χ4v) is 4.49. The predicted octanol–water partition coefficient (Wildman–Crippen LogP) is 2.86. The molecule has 0 heterocycles. The van der Waals surface area contributed by atoms with Gasteiger partial charge in [-0.15, -0.1) is 0 Å². The van der Waals surface area contributed by atoms with Crippen LogP contribution >= 0.6 is 0 Å². The van der Waals surface area contributed by atoms with Crippen LogP contribution < -0.4 is 0 Å². The monoisotopic (exact) mass is 232 g/mol. The van der Waals surface area contributed by atoms with Gasteiger partial charge in [0.25, 0.3) is 0 Å². The minimum atomic E-state index is -2.26. The van der Waals surface area contributed by atoms with Gasteiger partial charge >= 0.3 is 5.97 Å². The average molecular weight is 232 g/mol. The van der Waals surface area contributed by atoms with E-state index in [9.17, 15) is 9.59 Å². The van der Waals surface area contributed by atoms with Crippen LogP contribution in [0.1, 0.15) is 39.5 Å². The van der Waals surface area contributed by atoms with Crippen molar-refractivity contribution >= 4 is 14.3 Å². The standard InChI is InChI=1S/C11H24O3Si/c1-4-5-6-7-8-15(3,14)9-10(2)11(12)13/h10,14H,4-9H2,1-3H3,(H,12,13). The highest BCUT2D eigenvalue weighted by atomic mass is 28.4. The molecule has 3 nitrogen and oxygen atoms in total. The van der Waals surface area contributed by atoms with Crippen molar-refractivity contribution in [1.82, 2.24) is 0 Å². The predicted molar refractivity (Wildman–Crippen MR) is 64.4 cm³/mol. The quantitative estimate of drug-likeness (QED) is 0.500. The van der Waals surface area contributed by atoms with Crippen LogP contribution in [0.5, 0.6) is 0 Å². The number of hydrogen-bond donors (Lipinski definition) is 2. The third-order valence-corrected chi connectivity index (χ3v) is 5.66. The lowest BCUT2D eigenvalue weighted by Gasteiger charge is -2.22. The maximum atomic E-state index is 10.7. The highest BCUT2D eigenvalue weighted by Crippen LogP contribution is 2.21. The van der Waals surface area contributed by atoms with Gasteiger partial charge in [0.2, 0.25) is 0 Å². The molecular formula is C11H24O3Si. The first-order chi connectivity index (χ1) is 6.89. The molecule has 0 bridgehead atoms. The smallest absolute Gasteiger partial charge is 0.306 e. The number of carboxylic acids is 1. The van der Waals surface area contributed by atoms with Crippen LogP contribution in [-0.4, -0.2) is 24.2 Å². The molecule has 0 rings (SSSR count). The summed E-state index contributed by atoms with van der Waals surface area (Å²) in [4.78, 5) is 20.8. The fourth-order valence-electron chi connectivity index (χ4n) is 1.78. The summed E-state index contributed by atoms with van der Waals surface area (Å²) in [5.74, 6) is -1.20. The largest absolute Gasteiger partial charge is 0.481 e. The van der Waals surface area contributed by atoms with Crippen molar-refractivity contribution in [3.05, 3.63) is 0 Å². The Hall–Kier alpha value is -0.353. The van der Waals surface area contributed by atoms with E-state index in [1.165, 1.54) is 12.8 Å². The fraction of sp³-hybridized carbons (Fsp3) is 0.909. The van der Waals surface area contributed by atoms with E-state index in [0.717, 1.165) is 18.9 Å². The molecule has 0 amide bonds. The van der Waals surface area contributed by atoms with E-state index in [1.807, 2.05) is 6.55 Å². The zero-order valence-electron chi connectivity index (χ0n) is 10.1. The lowest BCUT2D eigenvalue weighted by molar-refractivity contribution is -0.140.